The summed E-state index contributed by atoms with van der Waals surface area (Å²) < 4.78 is 4.60. The molecule has 0 aromatic carbocycles. The van der Waals surface area contributed by atoms with Crippen LogP contribution in [0, 0.1) is 5.92 Å². The first-order valence-electron chi connectivity index (χ1n) is 2.53. The van der Waals surface area contributed by atoms with E-state index in [1.807, 2.05) is 6.92 Å². The molecule has 0 aromatic rings. The predicted molar refractivity (Wildman–Crippen MR) is 29.5 cm³/mol. The maximum absolute atomic E-state index is 10.4. The van der Waals surface area contributed by atoms with Crippen LogP contribution in [-0.4, -0.2) is 11.5 Å². The fourth-order valence-corrected chi connectivity index (χ4v) is 0.834. The smallest absolute Gasteiger partial charge is 0.307 e. The van der Waals surface area contributed by atoms with Gasteiger partial charge in [-0.3, -0.25) is 4.79 Å². The number of carbonyl (C=O) groups excluding carboxylic acids is 1. The predicted octanol–water partition coefficient (Wildman–Crippen LogP) is 1.13. The van der Waals surface area contributed by atoms with Crippen LogP contribution in [-0.2, 0) is 9.53 Å². The largest absolute Gasteiger partial charge is 0.446 e. The van der Waals surface area contributed by atoms with Crippen LogP contribution in [0.1, 0.15) is 13.3 Å². The number of cyclic esters (lactones) is 1. The van der Waals surface area contributed by atoms with Gasteiger partial charge in [-0.25, -0.2) is 0 Å². The summed E-state index contributed by atoms with van der Waals surface area (Å²) in [4.78, 5) is 10.4. The first-order chi connectivity index (χ1) is 3.70. The highest BCUT2D eigenvalue weighted by atomic mass is 35.5. The molecule has 1 fully saturated rings. The van der Waals surface area contributed by atoms with Crippen LogP contribution in [0.25, 0.3) is 0 Å². The summed E-state index contributed by atoms with van der Waals surface area (Å²) in [7, 11) is 0. The van der Waals surface area contributed by atoms with Crippen molar-refractivity contribution in [1.29, 1.82) is 0 Å². The molecule has 3 heteroatoms. The molecule has 0 N–H and O–H groups in total. The fourth-order valence-electron chi connectivity index (χ4n) is 0.645. The maximum Gasteiger partial charge on any atom is 0.307 e. The van der Waals surface area contributed by atoms with Crippen molar-refractivity contribution in [3.63, 3.8) is 0 Å². The van der Waals surface area contributed by atoms with E-state index in [4.69, 9.17) is 11.6 Å². The summed E-state index contributed by atoms with van der Waals surface area (Å²) in [6.45, 7) is 1.89. The van der Waals surface area contributed by atoms with Gasteiger partial charge in [-0.15, -0.1) is 0 Å². The van der Waals surface area contributed by atoms with Crippen molar-refractivity contribution in [3.8, 4) is 0 Å². The van der Waals surface area contributed by atoms with E-state index in [1.54, 1.807) is 0 Å². The molecular formula is C5H7ClO2. The van der Waals surface area contributed by atoms with E-state index >= 15 is 0 Å². The van der Waals surface area contributed by atoms with Crippen molar-refractivity contribution in [1.82, 2.24) is 0 Å². The molecule has 1 aliphatic heterocycles. The third kappa shape index (κ3) is 0.944. The van der Waals surface area contributed by atoms with Crippen molar-refractivity contribution in [2.24, 2.45) is 5.92 Å². The average molecular weight is 135 g/mol. The lowest BCUT2D eigenvalue weighted by atomic mass is 10.2. The van der Waals surface area contributed by atoms with Gasteiger partial charge in [0.1, 0.15) is 0 Å². The van der Waals surface area contributed by atoms with Crippen molar-refractivity contribution in [2.45, 2.75) is 18.9 Å². The standard InChI is InChI=1S/C5H7ClO2/c1-3-2-4(7)8-5(3)6/h3,5H,2H2,1H3. The van der Waals surface area contributed by atoms with Crippen molar-refractivity contribution >= 4 is 17.6 Å². The monoisotopic (exact) mass is 134 g/mol. The highest BCUT2D eigenvalue weighted by Crippen LogP contribution is 2.23. The van der Waals surface area contributed by atoms with Gasteiger partial charge in [0.05, 0.1) is 6.42 Å². The highest BCUT2D eigenvalue weighted by Gasteiger charge is 2.28. The van der Waals surface area contributed by atoms with Gasteiger partial charge in [0.25, 0.3) is 0 Å². The summed E-state index contributed by atoms with van der Waals surface area (Å²) in [5.41, 5.74) is -0.387. The van der Waals surface area contributed by atoms with Crippen LogP contribution in [0.3, 0.4) is 0 Å². The summed E-state index contributed by atoms with van der Waals surface area (Å²) in [6.07, 6.45) is 0.466. The number of esters is 1. The first kappa shape index (κ1) is 5.89. The Labute approximate surface area is 52.8 Å². The summed E-state index contributed by atoms with van der Waals surface area (Å²) >= 11 is 5.51. The molecule has 1 rings (SSSR count). The number of hydrogen-bond acceptors (Lipinski definition) is 2. The van der Waals surface area contributed by atoms with Crippen LogP contribution in [0.5, 0.6) is 0 Å². The third-order valence-corrected chi connectivity index (χ3v) is 1.70. The zero-order valence-corrected chi connectivity index (χ0v) is 5.31. The number of alkyl halides is 1. The second kappa shape index (κ2) is 1.94. The van der Waals surface area contributed by atoms with Gasteiger partial charge in [-0.2, -0.15) is 0 Å². The quantitative estimate of drug-likeness (QED) is 0.367. The molecule has 8 heavy (non-hydrogen) atoms. The molecule has 0 spiro atoms. The molecule has 0 aromatic heterocycles. The minimum Gasteiger partial charge on any atom is -0.446 e. The third-order valence-electron chi connectivity index (χ3n) is 1.18. The Bertz CT molecular complexity index is 101. The van der Waals surface area contributed by atoms with E-state index in [0.717, 1.165) is 0 Å². The second-order valence-electron chi connectivity index (χ2n) is 2.02. The molecule has 0 bridgehead atoms. The molecule has 2 nitrogen and oxygen atoms in total. The number of halogens is 1. The zero-order chi connectivity index (χ0) is 6.15. The fraction of sp³-hybridized carbons (Fsp3) is 0.800. The molecular weight excluding hydrogens is 128 g/mol. The maximum atomic E-state index is 10.4. The lowest BCUT2D eigenvalue weighted by Crippen LogP contribution is -2.02. The molecule has 1 saturated heterocycles. The molecule has 2 atom stereocenters. The van der Waals surface area contributed by atoms with Crippen molar-refractivity contribution in [3.05, 3.63) is 0 Å². The minimum atomic E-state index is -0.387. The Morgan fingerprint density at radius 3 is 2.62 bits per heavy atom. The minimum absolute atomic E-state index is 0.183. The van der Waals surface area contributed by atoms with Crippen LogP contribution in [0.15, 0.2) is 0 Å². The van der Waals surface area contributed by atoms with Gasteiger partial charge in [0.15, 0.2) is 5.56 Å². The highest BCUT2D eigenvalue weighted by molar-refractivity contribution is 6.21. The van der Waals surface area contributed by atoms with Crippen LogP contribution < -0.4 is 0 Å². The number of hydrogen-bond donors (Lipinski definition) is 0. The molecule has 0 radical (unpaired) electrons. The van der Waals surface area contributed by atoms with Gasteiger partial charge >= 0.3 is 5.97 Å². The summed E-state index contributed by atoms with van der Waals surface area (Å²) in [5.74, 6) is 0.00154. The van der Waals surface area contributed by atoms with E-state index in [2.05, 4.69) is 4.74 Å². The molecule has 1 aliphatic rings. The van der Waals surface area contributed by atoms with Gasteiger partial charge in [0.2, 0.25) is 0 Å². The van der Waals surface area contributed by atoms with Crippen LogP contribution in [0.2, 0.25) is 0 Å². The Morgan fingerprint density at radius 1 is 1.88 bits per heavy atom. The van der Waals surface area contributed by atoms with Crippen molar-refractivity contribution in [2.75, 3.05) is 0 Å². The van der Waals surface area contributed by atoms with E-state index in [9.17, 15) is 4.79 Å². The second-order valence-corrected chi connectivity index (χ2v) is 2.45. The lowest BCUT2D eigenvalue weighted by molar-refractivity contribution is -0.139. The van der Waals surface area contributed by atoms with Gasteiger partial charge in [0, 0.05) is 5.92 Å². The van der Waals surface area contributed by atoms with Crippen molar-refractivity contribution < 1.29 is 9.53 Å². The van der Waals surface area contributed by atoms with Gasteiger partial charge < -0.3 is 4.74 Å². The van der Waals surface area contributed by atoms with E-state index in [0.29, 0.717) is 6.42 Å². The Kier molecular flexibility index (Phi) is 1.43. The summed E-state index contributed by atoms with van der Waals surface area (Å²) in [5, 5.41) is 0. The number of rotatable bonds is 0. The average Bonchev–Trinajstić information content (AvgIpc) is 1.85. The lowest BCUT2D eigenvalue weighted by Gasteiger charge is -2.00. The molecule has 1 heterocycles. The Hall–Kier alpha value is -0.240. The van der Waals surface area contributed by atoms with E-state index < -0.39 is 0 Å². The topological polar surface area (TPSA) is 26.3 Å². The molecule has 0 saturated carbocycles. The van der Waals surface area contributed by atoms with Crippen LogP contribution >= 0.6 is 11.6 Å². The van der Waals surface area contributed by atoms with E-state index in [1.165, 1.54) is 0 Å². The molecule has 0 aliphatic carbocycles. The number of carbonyl (C=O) groups is 1. The molecule has 46 valence electrons. The summed E-state index contributed by atoms with van der Waals surface area (Å²) in [6, 6.07) is 0. The molecule has 0 amide bonds. The van der Waals surface area contributed by atoms with Crippen LogP contribution in [0.4, 0.5) is 0 Å². The molecule has 2 unspecified atom stereocenters. The normalized spacial score (nSPS) is 37.5. The first-order valence-corrected chi connectivity index (χ1v) is 2.97. The Morgan fingerprint density at radius 2 is 2.50 bits per heavy atom. The van der Waals surface area contributed by atoms with E-state index in [-0.39, 0.29) is 17.5 Å². The SMILES string of the molecule is CC1CC(=O)OC1Cl. The zero-order valence-electron chi connectivity index (χ0n) is 4.56. The Balaban J connectivity index is 2.51. The van der Waals surface area contributed by atoms with Gasteiger partial charge in [-0.05, 0) is 0 Å². The number of ether oxygens (including phenoxy) is 1. The van der Waals surface area contributed by atoms with Gasteiger partial charge in [-0.1, -0.05) is 18.5 Å².